The van der Waals surface area contributed by atoms with Gasteiger partial charge in [0.25, 0.3) is 0 Å². The first kappa shape index (κ1) is 13.8. The predicted molar refractivity (Wildman–Crippen MR) is 61.7 cm³/mol. The fraction of sp³-hybridized carbons (Fsp3) is 0.818. The minimum Gasteiger partial charge on any atom is -0.480 e. The Morgan fingerprint density at radius 1 is 1.41 bits per heavy atom. The lowest BCUT2D eigenvalue weighted by Crippen LogP contribution is -2.49. The second-order valence-corrected chi connectivity index (χ2v) is 4.66. The van der Waals surface area contributed by atoms with Gasteiger partial charge in [0.1, 0.15) is 0 Å². The van der Waals surface area contributed by atoms with Crippen LogP contribution in [0, 0.1) is 11.8 Å². The molecular formula is C11H20N2O4. The second-order valence-electron chi connectivity index (χ2n) is 4.66. The SMILES string of the molecule is COCC(NC(=O)N1CC(C)C(C)C1)C(=O)O. The minimum atomic E-state index is -1.08. The Hall–Kier alpha value is -1.30. The number of hydrogen-bond acceptors (Lipinski definition) is 3. The highest BCUT2D eigenvalue weighted by Gasteiger charge is 2.31. The summed E-state index contributed by atoms with van der Waals surface area (Å²) < 4.78 is 4.76. The van der Waals surface area contributed by atoms with E-state index in [1.807, 2.05) is 0 Å². The van der Waals surface area contributed by atoms with Crippen LogP contribution in [-0.2, 0) is 9.53 Å². The minimum absolute atomic E-state index is 0.0278. The number of urea groups is 1. The molecule has 0 aromatic heterocycles. The molecule has 2 N–H and O–H groups in total. The van der Waals surface area contributed by atoms with E-state index in [9.17, 15) is 9.59 Å². The van der Waals surface area contributed by atoms with E-state index in [2.05, 4.69) is 19.2 Å². The lowest BCUT2D eigenvalue weighted by molar-refractivity contribution is -0.140. The van der Waals surface area contributed by atoms with Gasteiger partial charge in [0.05, 0.1) is 6.61 Å². The molecule has 0 radical (unpaired) electrons. The van der Waals surface area contributed by atoms with Gasteiger partial charge in [-0.15, -0.1) is 0 Å². The number of likely N-dealkylation sites (tertiary alicyclic amines) is 1. The van der Waals surface area contributed by atoms with Crippen molar-refractivity contribution in [1.29, 1.82) is 0 Å². The Kier molecular flexibility index (Phi) is 4.74. The van der Waals surface area contributed by atoms with Crippen molar-refractivity contribution in [2.24, 2.45) is 11.8 Å². The molecule has 0 aliphatic carbocycles. The number of rotatable bonds is 4. The smallest absolute Gasteiger partial charge is 0.328 e. The first-order chi connectivity index (χ1) is 7.95. The number of carbonyl (C=O) groups is 2. The summed E-state index contributed by atoms with van der Waals surface area (Å²) >= 11 is 0. The van der Waals surface area contributed by atoms with Crippen LogP contribution < -0.4 is 5.32 Å². The summed E-state index contributed by atoms with van der Waals surface area (Å²) in [5.41, 5.74) is 0. The summed E-state index contributed by atoms with van der Waals surface area (Å²) in [6, 6.07) is -1.32. The average Bonchev–Trinajstić information content (AvgIpc) is 2.58. The van der Waals surface area contributed by atoms with Crippen LogP contribution in [0.3, 0.4) is 0 Å². The van der Waals surface area contributed by atoms with Crippen LogP contribution in [0.25, 0.3) is 0 Å². The molecular weight excluding hydrogens is 224 g/mol. The van der Waals surface area contributed by atoms with Crippen molar-refractivity contribution < 1.29 is 19.4 Å². The maximum absolute atomic E-state index is 11.8. The number of carboxylic acids is 1. The molecule has 1 rings (SSSR count). The summed E-state index contributed by atoms with van der Waals surface area (Å²) in [5.74, 6) is -0.182. The molecule has 0 saturated carbocycles. The van der Waals surface area contributed by atoms with Gasteiger partial charge in [-0.05, 0) is 11.8 Å². The van der Waals surface area contributed by atoms with Crippen molar-refractivity contribution in [3.05, 3.63) is 0 Å². The highest BCUT2D eigenvalue weighted by atomic mass is 16.5. The molecule has 6 nitrogen and oxygen atoms in total. The van der Waals surface area contributed by atoms with Gasteiger partial charge in [0, 0.05) is 20.2 Å². The second kappa shape index (κ2) is 5.86. The number of carboxylic acid groups (broad SMARTS) is 1. The molecule has 0 bridgehead atoms. The molecule has 0 aromatic rings. The number of amides is 2. The molecule has 17 heavy (non-hydrogen) atoms. The predicted octanol–water partition coefficient (Wildman–Crippen LogP) is 0.383. The van der Waals surface area contributed by atoms with Gasteiger partial charge in [0.15, 0.2) is 6.04 Å². The zero-order chi connectivity index (χ0) is 13.0. The average molecular weight is 244 g/mol. The number of nitrogens with one attached hydrogen (secondary N) is 1. The maximum Gasteiger partial charge on any atom is 0.328 e. The van der Waals surface area contributed by atoms with E-state index < -0.39 is 12.0 Å². The summed E-state index contributed by atoms with van der Waals surface area (Å²) in [7, 11) is 1.40. The molecule has 1 aliphatic rings. The molecule has 1 fully saturated rings. The lowest BCUT2D eigenvalue weighted by atomic mass is 10.0. The Labute approximate surface area is 101 Å². The fourth-order valence-electron chi connectivity index (χ4n) is 1.88. The van der Waals surface area contributed by atoms with Gasteiger partial charge in [-0.1, -0.05) is 13.8 Å². The van der Waals surface area contributed by atoms with E-state index in [0.29, 0.717) is 24.9 Å². The van der Waals surface area contributed by atoms with Crippen molar-refractivity contribution in [1.82, 2.24) is 10.2 Å². The molecule has 3 atom stereocenters. The van der Waals surface area contributed by atoms with Gasteiger partial charge in [-0.2, -0.15) is 0 Å². The van der Waals surface area contributed by atoms with Crippen molar-refractivity contribution in [2.45, 2.75) is 19.9 Å². The van der Waals surface area contributed by atoms with Gasteiger partial charge in [-0.25, -0.2) is 9.59 Å². The molecule has 6 heteroatoms. The molecule has 3 unspecified atom stereocenters. The molecule has 0 spiro atoms. The number of nitrogens with zero attached hydrogens (tertiary/aromatic N) is 1. The topological polar surface area (TPSA) is 78.9 Å². The quantitative estimate of drug-likeness (QED) is 0.749. The van der Waals surface area contributed by atoms with E-state index in [1.165, 1.54) is 7.11 Å². The Morgan fingerprint density at radius 3 is 2.35 bits per heavy atom. The van der Waals surface area contributed by atoms with Crippen molar-refractivity contribution in [3.8, 4) is 0 Å². The first-order valence-electron chi connectivity index (χ1n) is 5.72. The van der Waals surface area contributed by atoms with Crippen LogP contribution >= 0.6 is 0 Å². The van der Waals surface area contributed by atoms with Gasteiger partial charge in [-0.3, -0.25) is 0 Å². The fourth-order valence-corrected chi connectivity index (χ4v) is 1.88. The third kappa shape index (κ3) is 3.59. The van der Waals surface area contributed by atoms with E-state index in [-0.39, 0.29) is 12.6 Å². The van der Waals surface area contributed by atoms with E-state index in [4.69, 9.17) is 9.84 Å². The van der Waals surface area contributed by atoms with Crippen LogP contribution in [0.5, 0.6) is 0 Å². The maximum atomic E-state index is 11.8. The largest absolute Gasteiger partial charge is 0.480 e. The molecule has 1 aliphatic heterocycles. The number of ether oxygens (including phenoxy) is 1. The third-order valence-corrected chi connectivity index (χ3v) is 3.20. The number of methoxy groups -OCH3 is 1. The van der Waals surface area contributed by atoms with Gasteiger partial charge < -0.3 is 20.1 Å². The van der Waals surface area contributed by atoms with Gasteiger partial charge in [0.2, 0.25) is 0 Å². The molecule has 0 aromatic carbocycles. The van der Waals surface area contributed by atoms with Crippen LogP contribution in [-0.4, -0.2) is 54.9 Å². The zero-order valence-corrected chi connectivity index (χ0v) is 10.5. The summed E-state index contributed by atoms with van der Waals surface area (Å²) in [6.07, 6.45) is 0. The van der Waals surface area contributed by atoms with Crippen molar-refractivity contribution in [3.63, 3.8) is 0 Å². The van der Waals surface area contributed by atoms with Crippen LogP contribution in [0.15, 0.2) is 0 Å². The molecule has 1 saturated heterocycles. The number of hydrogen-bond donors (Lipinski definition) is 2. The number of aliphatic carboxylic acids is 1. The van der Waals surface area contributed by atoms with E-state index >= 15 is 0 Å². The Balaban J connectivity index is 2.50. The van der Waals surface area contributed by atoms with E-state index in [1.54, 1.807) is 4.90 Å². The molecule has 98 valence electrons. The Morgan fingerprint density at radius 2 is 1.94 bits per heavy atom. The zero-order valence-electron chi connectivity index (χ0n) is 10.5. The summed E-state index contributed by atoms with van der Waals surface area (Å²) in [6.45, 7) is 5.49. The molecule has 1 heterocycles. The van der Waals surface area contributed by atoms with Crippen LogP contribution in [0.2, 0.25) is 0 Å². The van der Waals surface area contributed by atoms with Crippen molar-refractivity contribution >= 4 is 12.0 Å². The van der Waals surface area contributed by atoms with E-state index in [0.717, 1.165) is 0 Å². The summed E-state index contributed by atoms with van der Waals surface area (Å²) in [4.78, 5) is 24.3. The standard InChI is InChI=1S/C11H20N2O4/c1-7-4-13(5-8(7)2)11(16)12-9(6-17-3)10(14)15/h7-9H,4-6H2,1-3H3,(H,12,16)(H,14,15). The van der Waals surface area contributed by atoms with Crippen LogP contribution in [0.1, 0.15) is 13.8 Å². The van der Waals surface area contributed by atoms with Crippen LogP contribution in [0.4, 0.5) is 4.79 Å². The molecule has 2 amide bonds. The monoisotopic (exact) mass is 244 g/mol. The van der Waals surface area contributed by atoms with Gasteiger partial charge >= 0.3 is 12.0 Å². The first-order valence-corrected chi connectivity index (χ1v) is 5.72. The Bertz CT molecular complexity index is 285. The highest BCUT2D eigenvalue weighted by Crippen LogP contribution is 2.21. The van der Waals surface area contributed by atoms with Crippen molar-refractivity contribution in [2.75, 3.05) is 26.8 Å². The lowest BCUT2D eigenvalue weighted by Gasteiger charge is -2.20. The third-order valence-electron chi connectivity index (χ3n) is 3.20. The highest BCUT2D eigenvalue weighted by molar-refractivity contribution is 5.82. The normalized spacial score (nSPS) is 25.7. The summed E-state index contributed by atoms with van der Waals surface area (Å²) in [5, 5.41) is 11.3. The number of carbonyl (C=O) groups excluding carboxylic acids is 1.